The third-order valence-electron chi connectivity index (χ3n) is 7.72. The van der Waals surface area contributed by atoms with Gasteiger partial charge < -0.3 is 4.74 Å². The molecule has 6 atom stereocenters. The lowest BCUT2D eigenvalue weighted by Crippen LogP contribution is -2.45. The van der Waals surface area contributed by atoms with E-state index in [1.54, 1.807) is 0 Å². The summed E-state index contributed by atoms with van der Waals surface area (Å²) in [6.07, 6.45) is 17.1. The Morgan fingerprint density at radius 1 is 0.960 bits per heavy atom. The molecule has 0 aromatic heterocycles. The fourth-order valence-corrected chi connectivity index (χ4v) is 6.42. The Morgan fingerprint density at radius 3 is 2.52 bits per heavy atom. The molecule has 0 bridgehead atoms. The highest BCUT2D eigenvalue weighted by Crippen LogP contribution is 2.56. The van der Waals surface area contributed by atoms with Gasteiger partial charge in [-0.25, -0.2) is 0 Å². The molecule has 3 fully saturated rings. The summed E-state index contributed by atoms with van der Waals surface area (Å²) in [4.78, 5) is 0. The summed E-state index contributed by atoms with van der Waals surface area (Å²) in [5.41, 5.74) is 0.0185. The van der Waals surface area contributed by atoms with Crippen molar-refractivity contribution in [1.29, 1.82) is 5.26 Å². The Hall–Kier alpha value is -0.550. The van der Waals surface area contributed by atoms with Crippen LogP contribution in [0.4, 0.5) is 0 Å². The predicted octanol–water partition coefficient (Wildman–Crippen LogP) is 6.50. The van der Waals surface area contributed by atoms with Gasteiger partial charge in [0, 0.05) is 6.61 Å². The molecule has 0 amide bonds. The zero-order valence-corrected chi connectivity index (χ0v) is 16.6. The van der Waals surface area contributed by atoms with E-state index in [-0.39, 0.29) is 5.41 Å². The van der Waals surface area contributed by atoms with E-state index in [2.05, 4.69) is 19.9 Å². The SMILES string of the molecule is CCCCCC1(C#N)CCC2C(CCC3CC(OCCC)CCC32)C1. The van der Waals surface area contributed by atoms with Gasteiger partial charge in [-0.2, -0.15) is 5.26 Å². The first-order chi connectivity index (χ1) is 12.2. The minimum atomic E-state index is 0.0185. The second-order valence-corrected chi connectivity index (χ2v) is 9.32. The molecule has 6 unspecified atom stereocenters. The van der Waals surface area contributed by atoms with Crippen LogP contribution in [-0.2, 0) is 4.74 Å². The maximum atomic E-state index is 9.91. The molecule has 2 heteroatoms. The Morgan fingerprint density at radius 2 is 1.76 bits per heavy atom. The number of unbranched alkanes of at least 4 members (excludes halogenated alkanes) is 2. The molecule has 25 heavy (non-hydrogen) atoms. The molecule has 2 nitrogen and oxygen atoms in total. The quantitative estimate of drug-likeness (QED) is 0.493. The summed E-state index contributed by atoms with van der Waals surface area (Å²) in [5.74, 6) is 3.60. The van der Waals surface area contributed by atoms with Gasteiger partial charge in [-0.05, 0) is 87.9 Å². The van der Waals surface area contributed by atoms with Crippen LogP contribution < -0.4 is 0 Å². The van der Waals surface area contributed by atoms with Gasteiger partial charge in [0.2, 0.25) is 0 Å². The highest BCUT2D eigenvalue weighted by atomic mass is 16.5. The lowest BCUT2D eigenvalue weighted by Gasteiger charge is -2.52. The van der Waals surface area contributed by atoms with Gasteiger partial charge in [-0.15, -0.1) is 0 Å². The van der Waals surface area contributed by atoms with Crippen LogP contribution in [0.15, 0.2) is 0 Å². The van der Waals surface area contributed by atoms with Crippen molar-refractivity contribution >= 4 is 0 Å². The van der Waals surface area contributed by atoms with E-state index in [0.717, 1.165) is 43.1 Å². The minimum absolute atomic E-state index is 0.0185. The maximum absolute atomic E-state index is 9.91. The smallest absolute Gasteiger partial charge is 0.0689 e. The van der Waals surface area contributed by atoms with Crippen molar-refractivity contribution in [2.45, 2.75) is 103 Å². The zero-order chi connectivity index (χ0) is 17.7. The Kier molecular flexibility index (Phi) is 6.84. The van der Waals surface area contributed by atoms with E-state index in [4.69, 9.17) is 4.74 Å². The fraction of sp³-hybridized carbons (Fsp3) is 0.957. The highest BCUT2D eigenvalue weighted by molar-refractivity contribution is 5.06. The largest absolute Gasteiger partial charge is 0.378 e. The van der Waals surface area contributed by atoms with Gasteiger partial charge in [0.25, 0.3) is 0 Å². The number of nitriles is 1. The van der Waals surface area contributed by atoms with Crippen molar-refractivity contribution in [2.75, 3.05) is 6.61 Å². The molecule has 0 aliphatic heterocycles. The molecule has 0 radical (unpaired) electrons. The van der Waals surface area contributed by atoms with Crippen LogP contribution in [-0.4, -0.2) is 12.7 Å². The van der Waals surface area contributed by atoms with Gasteiger partial charge in [-0.3, -0.25) is 0 Å². The average molecular weight is 346 g/mol. The summed E-state index contributed by atoms with van der Waals surface area (Å²) < 4.78 is 6.08. The average Bonchev–Trinajstić information content (AvgIpc) is 2.66. The zero-order valence-electron chi connectivity index (χ0n) is 16.6. The molecule has 3 saturated carbocycles. The lowest BCUT2D eigenvalue weighted by molar-refractivity contribution is -0.0588. The Bertz CT molecular complexity index is 455. The molecule has 3 aliphatic rings. The van der Waals surface area contributed by atoms with Crippen molar-refractivity contribution in [3.05, 3.63) is 0 Å². The summed E-state index contributed by atoms with van der Waals surface area (Å²) in [6, 6.07) is 2.79. The molecule has 0 heterocycles. The summed E-state index contributed by atoms with van der Waals surface area (Å²) in [7, 11) is 0. The highest BCUT2D eigenvalue weighted by Gasteiger charge is 2.48. The number of fused-ring (bicyclic) bond motifs is 3. The first-order valence-electron chi connectivity index (χ1n) is 11.2. The molecule has 3 aliphatic carbocycles. The van der Waals surface area contributed by atoms with Gasteiger partial charge in [0.1, 0.15) is 0 Å². The number of rotatable bonds is 7. The van der Waals surface area contributed by atoms with E-state index >= 15 is 0 Å². The fourth-order valence-electron chi connectivity index (χ4n) is 6.42. The van der Waals surface area contributed by atoms with Crippen LogP contribution in [0.25, 0.3) is 0 Å². The Labute approximate surface area is 155 Å². The number of hydrogen-bond donors (Lipinski definition) is 0. The molecule has 0 N–H and O–H groups in total. The molecule has 0 aromatic rings. The van der Waals surface area contributed by atoms with Gasteiger partial charge >= 0.3 is 0 Å². The van der Waals surface area contributed by atoms with Crippen LogP contribution in [0.5, 0.6) is 0 Å². The maximum Gasteiger partial charge on any atom is 0.0689 e. The van der Waals surface area contributed by atoms with E-state index in [1.807, 2.05) is 0 Å². The number of hydrogen-bond acceptors (Lipinski definition) is 2. The van der Waals surface area contributed by atoms with Gasteiger partial charge in [-0.1, -0.05) is 33.1 Å². The molecule has 0 saturated heterocycles. The molecule has 3 rings (SSSR count). The van der Waals surface area contributed by atoms with Crippen LogP contribution in [0, 0.1) is 40.4 Å². The second-order valence-electron chi connectivity index (χ2n) is 9.32. The monoisotopic (exact) mass is 345 g/mol. The van der Waals surface area contributed by atoms with E-state index in [9.17, 15) is 5.26 Å². The van der Waals surface area contributed by atoms with Crippen molar-refractivity contribution < 1.29 is 4.74 Å². The molecule has 142 valence electrons. The van der Waals surface area contributed by atoms with Crippen LogP contribution in [0.3, 0.4) is 0 Å². The summed E-state index contributed by atoms with van der Waals surface area (Å²) in [6.45, 7) is 5.41. The number of ether oxygens (including phenoxy) is 1. The topological polar surface area (TPSA) is 33.0 Å². The Balaban J connectivity index is 1.57. The first-order valence-corrected chi connectivity index (χ1v) is 11.2. The van der Waals surface area contributed by atoms with Crippen LogP contribution >= 0.6 is 0 Å². The third kappa shape index (κ3) is 4.41. The van der Waals surface area contributed by atoms with Gasteiger partial charge in [0.05, 0.1) is 17.6 Å². The van der Waals surface area contributed by atoms with E-state index in [1.165, 1.54) is 70.6 Å². The standard InChI is InChI=1S/C23H39NO/c1-3-5-6-12-23(17-24)13-11-22-19(16-23)8-7-18-15-20(25-14-4-2)9-10-21(18)22/h18-22H,3-16H2,1-2H3. The summed E-state index contributed by atoms with van der Waals surface area (Å²) in [5, 5.41) is 9.91. The molecule has 0 aromatic carbocycles. The molecular weight excluding hydrogens is 306 g/mol. The number of nitrogens with zero attached hydrogens (tertiary/aromatic N) is 1. The van der Waals surface area contributed by atoms with Crippen molar-refractivity contribution in [2.24, 2.45) is 29.1 Å². The van der Waals surface area contributed by atoms with Crippen LogP contribution in [0.1, 0.15) is 97.3 Å². The summed E-state index contributed by atoms with van der Waals surface area (Å²) >= 11 is 0. The molecular formula is C23H39NO. The van der Waals surface area contributed by atoms with E-state index < -0.39 is 0 Å². The van der Waals surface area contributed by atoms with Crippen molar-refractivity contribution in [1.82, 2.24) is 0 Å². The van der Waals surface area contributed by atoms with E-state index in [0.29, 0.717) is 6.10 Å². The van der Waals surface area contributed by atoms with Crippen molar-refractivity contribution in [3.63, 3.8) is 0 Å². The lowest BCUT2D eigenvalue weighted by atomic mass is 9.53. The minimum Gasteiger partial charge on any atom is -0.378 e. The molecule has 0 spiro atoms. The first kappa shape index (κ1) is 19.2. The second kappa shape index (κ2) is 8.90. The van der Waals surface area contributed by atoms with Crippen molar-refractivity contribution in [3.8, 4) is 6.07 Å². The third-order valence-corrected chi connectivity index (χ3v) is 7.72. The van der Waals surface area contributed by atoms with Gasteiger partial charge in [0.15, 0.2) is 0 Å². The predicted molar refractivity (Wildman–Crippen MR) is 103 cm³/mol. The normalized spacial score (nSPS) is 40.8. The van der Waals surface area contributed by atoms with Crippen LogP contribution in [0.2, 0.25) is 0 Å².